The van der Waals surface area contributed by atoms with Crippen molar-refractivity contribution >= 4 is 5.91 Å². The normalized spacial score (nSPS) is 26.1. The Bertz CT molecular complexity index is 158. The molecule has 2 unspecified atom stereocenters. The first-order valence-electron chi connectivity index (χ1n) is 4.19. The second-order valence-corrected chi connectivity index (χ2v) is 3.14. The first-order valence-corrected chi connectivity index (χ1v) is 4.19. The molecule has 1 aliphatic heterocycles. The first kappa shape index (κ1) is 8.53. The van der Waals surface area contributed by atoms with Gasteiger partial charge in [0.05, 0.1) is 0 Å². The summed E-state index contributed by atoms with van der Waals surface area (Å²) in [7, 11) is 0. The lowest BCUT2D eigenvalue weighted by molar-refractivity contribution is -0.137. The highest BCUT2D eigenvalue weighted by Crippen LogP contribution is 2.20. The van der Waals surface area contributed by atoms with Crippen LogP contribution in [0.2, 0.25) is 0 Å². The maximum atomic E-state index is 10.9. The molecule has 0 aromatic rings. The largest absolute Gasteiger partial charge is 0.338 e. The Morgan fingerprint density at radius 3 is 2.73 bits per heavy atom. The molecule has 2 N–H and O–H groups in total. The summed E-state index contributed by atoms with van der Waals surface area (Å²) in [6.45, 7) is 4.56. The number of hydrogen-bond donors (Lipinski definition) is 1. The summed E-state index contributed by atoms with van der Waals surface area (Å²) in [4.78, 5) is 12.8. The van der Waals surface area contributed by atoms with E-state index < -0.39 is 0 Å². The molecule has 1 aliphatic rings. The van der Waals surface area contributed by atoms with Gasteiger partial charge < -0.3 is 10.6 Å². The summed E-state index contributed by atoms with van der Waals surface area (Å²) in [5.41, 5.74) is 5.81. The summed E-state index contributed by atoms with van der Waals surface area (Å²) >= 11 is 0. The van der Waals surface area contributed by atoms with Crippen LogP contribution in [-0.4, -0.2) is 29.4 Å². The van der Waals surface area contributed by atoms with Gasteiger partial charge in [-0.3, -0.25) is 4.79 Å². The number of likely N-dealkylation sites (tertiary alicyclic amines) is 1. The molecule has 11 heavy (non-hydrogen) atoms. The Morgan fingerprint density at radius 1 is 1.82 bits per heavy atom. The van der Waals surface area contributed by atoms with Gasteiger partial charge in [0, 0.05) is 25.6 Å². The quantitative estimate of drug-likeness (QED) is 0.627. The molecule has 0 aromatic carbocycles. The highest BCUT2D eigenvalue weighted by Gasteiger charge is 2.33. The first-order chi connectivity index (χ1) is 5.16. The molecule has 0 radical (unpaired) electrons. The summed E-state index contributed by atoms with van der Waals surface area (Å²) in [6.07, 6.45) is 2.03. The van der Waals surface area contributed by atoms with Crippen molar-refractivity contribution in [2.24, 2.45) is 5.73 Å². The van der Waals surface area contributed by atoms with Crippen molar-refractivity contribution in [3.05, 3.63) is 0 Å². The molecule has 0 aromatic heterocycles. The maximum Gasteiger partial charge on any atom is 0.219 e. The molecule has 1 amide bonds. The van der Waals surface area contributed by atoms with E-state index >= 15 is 0 Å². The van der Waals surface area contributed by atoms with Crippen LogP contribution in [0.25, 0.3) is 0 Å². The molecule has 0 bridgehead atoms. The lowest BCUT2D eigenvalue weighted by Crippen LogP contribution is -2.58. The summed E-state index contributed by atoms with van der Waals surface area (Å²) < 4.78 is 0. The molecule has 1 saturated heterocycles. The number of carbonyl (C=O) groups excluding carboxylic acids is 1. The molecule has 1 rings (SSSR count). The average molecular weight is 156 g/mol. The highest BCUT2D eigenvalue weighted by molar-refractivity contribution is 5.74. The third-order valence-electron chi connectivity index (χ3n) is 2.44. The van der Waals surface area contributed by atoms with Gasteiger partial charge in [-0.2, -0.15) is 0 Å². The number of rotatable bonds is 2. The van der Waals surface area contributed by atoms with Crippen LogP contribution in [0.4, 0.5) is 0 Å². The van der Waals surface area contributed by atoms with Gasteiger partial charge in [0.15, 0.2) is 0 Å². The van der Waals surface area contributed by atoms with Gasteiger partial charge in [-0.05, 0) is 12.8 Å². The number of carbonyl (C=O) groups is 1. The Balaban J connectivity index is 2.42. The van der Waals surface area contributed by atoms with Crippen LogP contribution in [0.5, 0.6) is 0 Å². The predicted octanol–water partition coefficient (Wildman–Crippen LogP) is 0.345. The van der Waals surface area contributed by atoms with Gasteiger partial charge in [0.2, 0.25) is 5.91 Å². The zero-order valence-electron chi connectivity index (χ0n) is 7.21. The Hall–Kier alpha value is -0.570. The number of nitrogens with zero attached hydrogens (tertiary/aromatic N) is 1. The third-order valence-corrected chi connectivity index (χ3v) is 2.44. The zero-order valence-corrected chi connectivity index (χ0v) is 7.21. The average Bonchev–Trinajstić information content (AvgIpc) is 1.83. The number of nitrogens with two attached hydrogens (primary N) is 1. The summed E-state index contributed by atoms with van der Waals surface area (Å²) in [5, 5.41) is 0. The van der Waals surface area contributed by atoms with Crippen molar-refractivity contribution < 1.29 is 4.79 Å². The van der Waals surface area contributed by atoms with Crippen LogP contribution < -0.4 is 5.73 Å². The fourth-order valence-electron chi connectivity index (χ4n) is 1.52. The van der Waals surface area contributed by atoms with E-state index in [9.17, 15) is 4.79 Å². The van der Waals surface area contributed by atoms with Crippen LogP contribution in [0, 0.1) is 0 Å². The molecule has 0 saturated carbocycles. The minimum absolute atomic E-state index is 0.158. The van der Waals surface area contributed by atoms with Gasteiger partial charge in [-0.25, -0.2) is 0 Å². The molecule has 3 nitrogen and oxygen atoms in total. The van der Waals surface area contributed by atoms with Crippen LogP contribution in [-0.2, 0) is 4.79 Å². The van der Waals surface area contributed by atoms with E-state index in [0.29, 0.717) is 6.04 Å². The smallest absolute Gasteiger partial charge is 0.219 e. The van der Waals surface area contributed by atoms with Crippen molar-refractivity contribution in [1.82, 2.24) is 4.90 Å². The molecule has 1 heterocycles. The van der Waals surface area contributed by atoms with E-state index in [-0.39, 0.29) is 11.9 Å². The maximum absolute atomic E-state index is 10.9. The predicted molar refractivity (Wildman–Crippen MR) is 44.1 cm³/mol. The molecule has 2 atom stereocenters. The minimum Gasteiger partial charge on any atom is -0.338 e. The fourth-order valence-corrected chi connectivity index (χ4v) is 1.52. The molecule has 3 heteroatoms. The van der Waals surface area contributed by atoms with Gasteiger partial charge in [-0.15, -0.1) is 0 Å². The van der Waals surface area contributed by atoms with E-state index in [0.717, 1.165) is 19.4 Å². The summed E-state index contributed by atoms with van der Waals surface area (Å²) in [5.74, 6) is 0.158. The number of amides is 1. The topological polar surface area (TPSA) is 46.3 Å². The standard InChI is InChI=1S/C8H16N2O/c1-3-7(9)8-4-5-10(8)6(2)11/h7-8H,3-5,9H2,1-2H3. The van der Waals surface area contributed by atoms with Crippen LogP contribution >= 0.6 is 0 Å². The van der Waals surface area contributed by atoms with Crippen LogP contribution in [0.15, 0.2) is 0 Å². The Morgan fingerprint density at radius 2 is 2.45 bits per heavy atom. The van der Waals surface area contributed by atoms with Crippen molar-refractivity contribution in [1.29, 1.82) is 0 Å². The second-order valence-electron chi connectivity index (χ2n) is 3.14. The molecule has 0 spiro atoms. The minimum atomic E-state index is 0.158. The lowest BCUT2D eigenvalue weighted by Gasteiger charge is -2.43. The van der Waals surface area contributed by atoms with Crippen LogP contribution in [0.3, 0.4) is 0 Å². The van der Waals surface area contributed by atoms with E-state index in [1.807, 2.05) is 4.90 Å². The van der Waals surface area contributed by atoms with Crippen molar-refractivity contribution in [3.63, 3.8) is 0 Å². The molecule has 64 valence electrons. The third kappa shape index (κ3) is 1.53. The molecule has 1 fully saturated rings. The second kappa shape index (κ2) is 3.22. The van der Waals surface area contributed by atoms with Gasteiger partial charge in [-0.1, -0.05) is 6.92 Å². The monoisotopic (exact) mass is 156 g/mol. The fraction of sp³-hybridized carbons (Fsp3) is 0.875. The van der Waals surface area contributed by atoms with E-state index in [1.54, 1.807) is 6.92 Å². The zero-order chi connectivity index (χ0) is 8.43. The van der Waals surface area contributed by atoms with Gasteiger partial charge in [0.1, 0.15) is 0 Å². The van der Waals surface area contributed by atoms with Crippen molar-refractivity contribution in [2.75, 3.05) is 6.54 Å². The lowest BCUT2D eigenvalue weighted by atomic mass is 9.94. The van der Waals surface area contributed by atoms with Crippen molar-refractivity contribution in [3.8, 4) is 0 Å². The number of hydrogen-bond acceptors (Lipinski definition) is 2. The summed E-state index contributed by atoms with van der Waals surface area (Å²) in [6, 6.07) is 0.491. The van der Waals surface area contributed by atoms with E-state index in [2.05, 4.69) is 6.92 Å². The highest BCUT2D eigenvalue weighted by atomic mass is 16.2. The molecule has 0 aliphatic carbocycles. The molecular formula is C8H16N2O. The molecular weight excluding hydrogens is 140 g/mol. The Labute approximate surface area is 67.5 Å². The van der Waals surface area contributed by atoms with Crippen LogP contribution in [0.1, 0.15) is 26.7 Å². The van der Waals surface area contributed by atoms with Gasteiger partial charge in [0.25, 0.3) is 0 Å². The Kier molecular flexibility index (Phi) is 2.49. The van der Waals surface area contributed by atoms with Crippen molar-refractivity contribution in [2.45, 2.75) is 38.8 Å². The van der Waals surface area contributed by atoms with E-state index in [1.165, 1.54) is 0 Å². The van der Waals surface area contributed by atoms with E-state index in [4.69, 9.17) is 5.73 Å². The van der Waals surface area contributed by atoms with Gasteiger partial charge >= 0.3 is 0 Å². The SMILES string of the molecule is CCC(N)C1CCN1C(C)=O.